The van der Waals surface area contributed by atoms with Crippen LogP contribution >= 0.6 is 23.4 Å². The van der Waals surface area contributed by atoms with Crippen LogP contribution in [0.4, 0.5) is 0 Å². The SMILES string of the molecule is N=C1S[C@@H]2CS(=O)(=O)C[C@H]2N1Cc1ccccc1Cl. The van der Waals surface area contributed by atoms with Crippen molar-refractivity contribution < 1.29 is 8.42 Å². The Bertz CT molecular complexity index is 632. The van der Waals surface area contributed by atoms with Crippen LogP contribution in [0.25, 0.3) is 0 Å². The van der Waals surface area contributed by atoms with Crippen LogP contribution in [0.5, 0.6) is 0 Å². The third-order valence-electron chi connectivity index (χ3n) is 3.49. The molecule has 0 aromatic heterocycles. The highest BCUT2D eigenvalue weighted by Gasteiger charge is 2.48. The van der Waals surface area contributed by atoms with Gasteiger partial charge < -0.3 is 4.90 Å². The molecular formula is C12H13ClN2O2S2. The second-order valence-electron chi connectivity index (χ2n) is 4.83. The zero-order chi connectivity index (χ0) is 13.6. The van der Waals surface area contributed by atoms with Gasteiger partial charge in [0.05, 0.1) is 17.5 Å². The van der Waals surface area contributed by atoms with E-state index in [1.54, 1.807) is 0 Å². The fourth-order valence-corrected chi connectivity index (χ4v) is 6.59. The molecule has 102 valence electrons. The van der Waals surface area contributed by atoms with Gasteiger partial charge in [-0.05, 0) is 11.6 Å². The van der Waals surface area contributed by atoms with Crippen molar-refractivity contribution >= 4 is 38.4 Å². The summed E-state index contributed by atoms with van der Waals surface area (Å²) in [6.07, 6.45) is 0. The zero-order valence-electron chi connectivity index (χ0n) is 10.0. The number of nitrogens with one attached hydrogen (secondary N) is 1. The molecule has 0 unspecified atom stereocenters. The summed E-state index contributed by atoms with van der Waals surface area (Å²) in [7, 11) is -2.96. The van der Waals surface area contributed by atoms with E-state index in [1.165, 1.54) is 11.8 Å². The van der Waals surface area contributed by atoms with Crippen molar-refractivity contribution in [3.8, 4) is 0 Å². The third kappa shape index (κ3) is 2.49. The molecule has 4 nitrogen and oxygen atoms in total. The summed E-state index contributed by atoms with van der Waals surface area (Å²) in [5, 5.41) is 9.11. The summed E-state index contributed by atoms with van der Waals surface area (Å²) >= 11 is 7.49. The van der Waals surface area contributed by atoms with E-state index in [9.17, 15) is 8.42 Å². The van der Waals surface area contributed by atoms with Crippen molar-refractivity contribution in [3.05, 3.63) is 34.9 Å². The van der Waals surface area contributed by atoms with Gasteiger partial charge in [-0.2, -0.15) is 0 Å². The average Bonchev–Trinajstić information content (AvgIpc) is 2.75. The Kier molecular flexibility index (Phi) is 3.27. The van der Waals surface area contributed by atoms with Gasteiger partial charge in [0, 0.05) is 16.8 Å². The normalized spacial score (nSPS) is 28.7. The van der Waals surface area contributed by atoms with Gasteiger partial charge in [0.25, 0.3) is 0 Å². The van der Waals surface area contributed by atoms with Crippen molar-refractivity contribution in [2.75, 3.05) is 11.5 Å². The summed E-state index contributed by atoms with van der Waals surface area (Å²) < 4.78 is 23.4. The molecule has 0 radical (unpaired) electrons. The number of hydrogen-bond acceptors (Lipinski definition) is 4. The zero-order valence-corrected chi connectivity index (χ0v) is 12.4. The average molecular weight is 317 g/mol. The van der Waals surface area contributed by atoms with Crippen molar-refractivity contribution in [3.63, 3.8) is 0 Å². The predicted octanol–water partition coefficient (Wildman–Crippen LogP) is 1.99. The number of benzene rings is 1. The minimum absolute atomic E-state index is 0.0000113. The number of amidine groups is 1. The minimum atomic E-state index is -2.96. The van der Waals surface area contributed by atoms with Crippen molar-refractivity contribution in [2.24, 2.45) is 0 Å². The van der Waals surface area contributed by atoms with Crippen LogP contribution in [0, 0.1) is 5.41 Å². The first-order valence-corrected chi connectivity index (χ1v) is 9.00. The summed E-state index contributed by atoms with van der Waals surface area (Å²) in [6.45, 7) is 0.502. The number of sulfone groups is 1. The van der Waals surface area contributed by atoms with E-state index in [0.29, 0.717) is 16.7 Å². The van der Waals surface area contributed by atoms with E-state index in [2.05, 4.69) is 0 Å². The molecule has 0 amide bonds. The Morgan fingerprint density at radius 3 is 2.84 bits per heavy atom. The summed E-state index contributed by atoms with van der Waals surface area (Å²) in [5.74, 6) is 0.335. The number of nitrogens with zero attached hydrogens (tertiary/aromatic N) is 1. The van der Waals surface area contributed by atoms with Crippen molar-refractivity contribution in [1.29, 1.82) is 5.41 Å². The number of halogens is 1. The molecule has 2 saturated heterocycles. The molecule has 0 spiro atoms. The second-order valence-corrected chi connectivity index (χ2v) is 8.61. The van der Waals surface area contributed by atoms with Gasteiger partial charge in [-0.25, -0.2) is 8.42 Å². The minimum Gasteiger partial charge on any atom is -0.342 e. The standard InChI is InChI=1S/C12H13ClN2O2S2/c13-9-4-2-1-3-8(9)5-15-10-6-19(16,17)7-11(10)18-12(15)14/h1-4,10-11,14H,5-7H2/t10-,11-/m1/s1. The Balaban J connectivity index is 1.85. The lowest BCUT2D eigenvalue weighted by Gasteiger charge is -2.24. The van der Waals surface area contributed by atoms with Crippen LogP contribution in [0.1, 0.15) is 5.56 Å². The van der Waals surface area contributed by atoms with Gasteiger partial charge >= 0.3 is 0 Å². The molecule has 2 fully saturated rings. The Morgan fingerprint density at radius 2 is 2.11 bits per heavy atom. The van der Waals surface area contributed by atoms with Crippen molar-refractivity contribution in [1.82, 2.24) is 4.90 Å². The largest absolute Gasteiger partial charge is 0.342 e. The molecule has 0 bridgehead atoms. The van der Waals surface area contributed by atoms with Crippen LogP contribution in [-0.2, 0) is 16.4 Å². The molecule has 2 aliphatic rings. The van der Waals surface area contributed by atoms with E-state index < -0.39 is 9.84 Å². The van der Waals surface area contributed by atoms with Crippen molar-refractivity contribution in [2.45, 2.75) is 17.8 Å². The maximum absolute atomic E-state index is 11.7. The molecule has 2 heterocycles. The fraction of sp³-hybridized carbons (Fsp3) is 0.417. The highest BCUT2D eigenvalue weighted by atomic mass is 35.5. The number of thioether (sulfide) groups is 1. The predicted molar refractivity (Wildman–Crippen MR) is 78.5 cm³/mol. The van der Waals surface area contributed by atoms with Crippen LogP contribution in [0.3, 0.4) is 0 Å². The summed E-state index contributed by atoms with van der Waals surface area (Å²) in [6, 6.07) is 7.40. The lowest BCUT2D eigenvalue weighted by molar-refractivity contribution is 0.349. The molecule has 2 atom stereocenters. The highest BCUT2D eigenvalue weighted by Crippen LogP contribution is 2.38. The van der Waals surface area contributed by atoms with E-state index in [0.717, 1.165) is 5.56 Å². The summed E-state index contributed by atoms with van der Waals surface area (Å²) in [4.78, 5) is 1.86. The maximum atomic E-state index is 11.7. The quantitative estimate of drug-likeness (QED) is 0.906. The lowest BCUT2D eigenvalue weighted by atomic mass is 10.1. The summed E-state index contributed by atoms with van der Waals surface area (Å²) in [5.41, 5.74) is 0.930. The molecule has 2 aliphatic heterocycles. The molecule has 7 heteroatoms. The number of hydrogen-bond donors (Lipinski definition) is 1. The lowest BCUT2D eigenvalue weighted by Crippen LogP contribution is -2.36. The van der Waals surface area contributed by atoms with Gasteiger partial charge in [-0.3, -0.25) is 5.41 Å². The van der Waals surface area contributed by atoms with E-state index in [-0.39, 0.29) is 22.8 Å². The van der Waals surface area contributed by atoms with Gasteiger partial charge in [-0.1, -0.05) is 41.6 Å². The first kappa shape index (κ1) is 13.3. The van der Waals surface area contributed by atoms with Crippen LogP contribution < -0.4 is 0 Å². The van der Waals surface area contributed by atoms with Gasteiger partial charge in [0.15, 0.2) is 15.0 Å². The Labute approximate surface area is 121 Å². The fourth-order valence-electron chi connectivity index (χ4n) is 2.56. The Morgan fingerprint density at radius 1 is 1.37 bits per heavy atom. The smallest absolute Gasteiger partial charge is 0.157 e. The second kappa shape index (κ2) is 4.68. The van der Waals surface area contributed by atoms with Gasteiger partial charge in [0.2, 0.25) is 0 Å². The monoisotopic (exact) mass is 316 g/mol. The molecular weight excluding hydrogens is 304 g/mol. The third-order valence-corrected chi connectivity index (χ3v) is 7.03. The molecule has 0 aliphatic carbocycles. The molecule has 3 rings (SSSR count). The van der Waals surface area contributed by atoms with Gasteiger partial charge in [-0.15, -0.1) is 0 Å². The molecule has 0 saturated carbocycles. The molecule has 1 N–H and O–H groups in total. The molecule has 1 aromatic rings. The first-order chi connectivity index (χ1) is 8.96. The Hall–Kier alpha value is -0.720. The first-order valence-electron chi connectivity index (χ1n) is 5.92. The number of rotatable bonds is 2. The molecule has 19 heavy (non-hydrogen) atoms. The van der Waals surface area contributed by atoms with Crippen LogP contribution in [0.15, 0.2) is 24.3 Å². The van der Waals surface area contributed by atoms with E-state index in [4.69, 9.17) is 17.0 Å². The van der Waals surface area contributed by atoms with Gasteiger partial charge in [0.1, 0.15) is 0 Å². The maximum Gasteiger partial charge on any atom is 0.157 e. The highest BCUT2D eigenvalue weighted by molar-refractivity contribution is 8.15. The topological polar surface area (TPSA) is 61.2 Å². The number of fused-ring (bicyclic) bond motifs is 1. The van der Waals surface area contributed by atoms with E-state index >= 15 is 0 Å². The van der Waals surface area contributed by atoms with E-state index in [1.807, 2.05) is 29.2 Å². The van der Waals surface area contributed by atoms with Crippen LogP contribution in [-0.4, -0.2) is 41.3 Å². The van der Waals surface area contributed by atoms with Crippen LogP contribution in [0.2, 0.25) is 5.02 Å². The molecule has 1 aromatic carbocycles.